The van der Waals surface area contributed by atoms with Crippen LogP contribution < -0.4 is 0 Å². The van der Waals surface area contributed by atoms with Crippen molar-refractivity contribution < 1.29 is 13.3 Å². The van der Waals surface area contributed by atoms with Crippen LogP contribution in [0.15, 0.2) is 97.8 Å². The van der Waals surface area contributed by atoms with E-state index in [4.69, 9.17) is 13.3 Å². The van der Waals surface area contributed by atoms with Gasteiger partial charge in [0.15, 0.2) is 11.8 Å². The lowest BCUT2D eigenvalue weighted by Crippen LogP contribution is -2.00. The molecule has 0 saturated heterocycles. The van der Waals surface area contributed by atoms with Gasteiger partial charge in [-0.2, -0.15) is 0 Å². The molecule has 11 rings (SSSR count). The summed E-state index contributed by atoms with van der Waals surface area (Å²) in [6.45, 7) is 103. The van der Waals surface area contributed by atoms with E-state index >= 15 is 0 Å². The Hall–Kier alpha value is -7.20. The van der Waals surface area contributed by atoms with Crippen molar-refractivity contribution in [2.75, 3.05) is 0 Å². The smallest absolute Gasteiger partial charge is 0.197 e. The number of hydrogen-bond acceptors (Lipinski definition) is 12. The van der Waals surface area contributed by atoms with E-state index in [9.17, 15) is 0 Å². The summed E-state index contributed by atoms with van der Waals surface area (Å²) >= 11 is 5.48. The van der Waals surface area contributed by atoms with Crippen LogP contribution in [-0.2, 0) is 21.1 Å². The topological polar surface area (TPSA) is 132 Å². The van der Waals surface area contributed by atoms with Crippen LogP contribution in [-0.4, -0.2) is 43.6 Å². The summed E-state index contributed by atoms with van der Waals surface area (Å²) in [7, 11) is 6.25. The summed E-state index contributed by atoms with van der Waals surface area (Å²) in [4.78, 5) is 30.5. The number of thiophene rings is 1. The van der Waals surface area contributed by atoms with Gasteiger partial charge in [0.05, 0.1) is 50.4 Å². The lowest BCUT2D eigenvalue weighted by molar-refractivity contribution is 0.449. The predicted molar refractivity (Wildman–Crippen MR) is 557 cm³/mol. The molecule has 15 heteroatoms. The van der Waals surface area contributed by atoms with Gasteiger partial charge in [-0.15, -0.1) is 34.0 Å². The highest BCUT2D eigenvalue weighted by atomic mass is 32.1. The van der Waals surface area contributed by atoms with Crippen LogP contribution >= 0.6 is 34.0 Å². The van der Waals surface area contributed by atoms with Crippen LogP contribution in [0.4, 0.5) is 0 Å². The van der Waals surface area contributed by atoms with E-state index in [0.717, 1.165) is 51.8 Å². The molecular weight excluding hydrogens is 1570 g/mol. The zero-order valence-corrected chi connectivity index (χ0v) is 89.4. The molecule has 0 spiro atoms. The minimum Gasteiger partial charge on any atom is -0.469 e. The fraction of sp³-hybridized carbons (Fsp3) is 0.611. The highest BCUT2D eigenvalue weighted by Crippen LogP contribution is 2.27. The van der Waals surface area contributed by atoms with Crippen molar-refractivity contribution in [1.29, 1.82) is 0 Å². The molecule has 0 aliphatic carbocycles. The highest BCUT2D eigenvalue weighted by molar-refractivity contribution is 7.12. The van der Waals surface area contributed by atoms with Gasteiger partial charge in [-0.05, 0) is 193 Å². The first-order valence-electron chi connectivity index (χ1n) is 45.0. The monoisotopic (exact) mass is 1760 g/mol. The molecule has 123 heavy (non-hydrogen) atoms. The molecule has 0 N–H and O–H groups in total. The molecule has 0 aliphatic heterocycles. The first-order chi connectivity index (χ1) is 55.9. The molecule has 0 saturated carbocycles. The van der Waals surface area contributed by atoms with Crippen molar-refractivity contribution in [2.24, 2.45) is 21.1 Å². The average molecular weight is 1760 g/mol. The first kappa shape index (κ1) is 131. The fourth-order valence-electron chi connectivity index (χ4n) is 10.3. The number of rotatable bonds is 11. The summed E-state index contributed by atoms with van der Waals surface area (Å²) in [6, 6.07) is 24.0. The molecule has 12 nitrogen and oxygen atoms in total. The maximum Gasteiger partial charge on any atom is 0.197 e. The normalized spacial score (nSPS) is 9.91. The van der Waals surface area contributed by atoms with Crippen molar-refractivity contribution in [2.45, 2.75) is 427 Å². The van der Waals surface area contributed by atoms with Crippen molar-refractivity contribution in [3.05, 3.63) is 240 Å². The van der Waals surface area contributed by atoms with Gasteiger partial charge in [0.1, 0.15) is 28.9 Å². The minimum atomic E-state index is 0. The number of benzene rings is 2. The van der Waals surface area contributed by atoms with Crippen LogP contribution in [0.2, 0.25) is 0 Å². The Bertz CT molecular complexity index is 3960. The second kappa shape index (κ2) is 70.9. The van der Waals surface area contributed by atoms with Crippen LogP contribution in [0.5, 0.6) is 0 Å². The van der Waals surface area contributed by atoms with E-state index in [2.05, 4.69) is 378 Å². The molecule has 11 aromatic rings. The van der Waals surface area contributed by atoms with E-state index in [1.807, 2.05) is 138 Å². The van der Waals surface area contributed by atoms with E-state index in [0.29, 0.717) is 65.1 Å². The number of imidazole rings is 2. The van der Waals surface area contributed by atoms with E-state index in [-0.39, 0.29) is 22.3 Å². The van der Waals surface area contributed by atoms with Crippen LogP contribution in [0.3, 0.4) is 0 Å². The summed E-state index contributed by atoms with van der Waals surface area (Å²) < 4.78 is 22.5. The number of nitrogens with zero attached hydrogens (tertiary/aromatic N) is 9. The quantitative estimate of drug-likeness (QED) is 0.124. The average Bonchev–Trinajstić information content (AvgIpc) is 1.61. The fourth-order valence-corrected chi connectivity index (χ4v) is 13.1. The second-order valence-electron chi connectivity index (χ2n) is 32.8. The molecule has 706 valence electrons. The van der Waals surface area contributed by atoms with E-state index < -0.39 is 0 Å². The van der Waals surface area contributed by atoms with Crippen molar-refractivity contribution in [3.8, 4) is 0 Å². The summed E-state index contributed by atoms with van der Waals surface area (Å²) in [5, 5.41) is 4.72. The molecule has 0 unspecified atom stereocenters. The van der Waals surface area contributed by atoms with Gasteiger partial charge in [-0.25, -0.2) is 29.9 Å². The van der Waals surface area contributed by atoms with Crippen LogP contribution in [0.1, 0.15) is 464 Å². The number of thiazole rings is 2. The van der Waals surface area contributed by atoms with Crippen molar-refractivity contribution >= 4 is 34.0 Å². The molecule has 9 aromatic heterocycles. The third-order valence-electron chi connectivity index (χ3n) is 18.4. The number of furan rings is 1. The third-order valence-corrected chi connectivity index (χ3v) is 22.5. The maximum atomic E-state index is 5.36. The van der Waals surface area contributed by atoms with Gasteiger partial charge in [-0.3, -0.25) is 0 Å². The number of aryl methyl sites for hydroxylation is 16. The summed E-state index contributed by atoms with van der Waals surface area (Å²) in [6.07, 6.45) is 3.95. The molecule has 0 bridgehead atoms. The zero-order valence-electron chi connectivity index (χ0n) is 86.9. The van der Waals surface area contributed by atoms with Crippen molar-refractivity contribution in [3.63, 3.8) is 0 Å². The number of hydrogen-bond donors (Lipinski definition) is 0. The Morgan fingerprint density at radius 3 is 0.862 bits per heavy atom. The highest BCUT2D eigenvalue weighted by Gasteiger charge is 2.14. The molecule has 0 amide bonds. The third kappa shape index (κ3) is 52.5. The van der Waals surface area contributed by atoms with Crippen molar-refractivity contribution in [1.82, 2.24) is 43.6 Å². The van der Waals surface area contributed by atoms with Gasteiger partial charge >= 0.3 is 0 Å². The minimum absolute atomic E-state index is 0. The Morgan fingerprint density at radius 1 is 0.317 bits per heavy atom. The molecule has 2 aromatic carbocycles. The van der Waals surface area contributed by atoms with E-state index in [1.165, 1.54) is 104 Å². The molecule has 0 radical (unpaired) electrons. The SMILES string of the molecule is C.C.C.CC.CC.CC.CC.CC.Cc1cc(C(C)C)n(C)c1.Cc1ccc(C(C)C)cc1.Cc1cccc(C(C)C)c1.Cc1coc(C(C)C)c1.Cc1csc(C(C)C)c1.Cc1nc(C(C)C)n(C)c1C.Cc1nc(C(C)C)n(C)c1C.Cc1nc(C(C)C)oc1C.Cc1nc(C(C)C)oc1C.Cc1nc(C(C)C)sc1C.Cc1nc(C(C)C)sc1C. The lowest BCUT2D eigenvalue weighted by atomic mass is 10.0. The number of oxazole rings is 2. The second-order valence-corrected chi connectivity index (χ2v) is 36.2. The van der Waals surface area contributed by atoms with Gasteiger partial charge in [-0.1, -0.05) is 303 Å². The molecule has 0 aliphatic rings. The maximum absolute atomic E-state index is 5.36. The van der Waals surface area contributed by atoms with Crippen LogP contribution in [0, 0.1) is 118 Å². The molecular formula is C108H193N9O3S3. The largest absolute Gasteiger partial charge is 0.469 e. The van der Waals surface area contributed by atoms with E-state index in [1.54, 1.807) is 6.26 Å². The summed E-state index contributed by atoms with van der Waals surface area (Å²) in [5.74, 6) is 13.1. The zero-order chi connectivity index (χ0) is 94.6. The Balaban J connectivity index is -0.000000195. The molecule has 0 fully saturated rings. The Kier molecular flexibility index (Phi) is 75.7. The summed E-state index contributed by atoms with van der Waals surface area (Å²) in [5.41, 5.74) is 20.1. The Morgan fingerprint density at radius 2 is 0.699 bits per heavy atom. The van der Waals surface area contributed by atoms with Gasteiger partial charge in [0, 0.05) is 100 Å². The van der Waals surface area contributed by atoms with Gasteiger partial charge in [0.25, 0.3) is 0 Å². The molecule has 9 heterocycles. The number of aromatic nitrogens is 9. The standard InChI is InChI=1S/2C10H14.2C9H16N2.C9H15N.2C8H13NO.2C8H13NS.C8H12O.C8H12S.5C2H6.3CH4/c1-8(2)10-6-4-9(3)5-7-10;1-8(2)10-6-4-5-9(3)7-10;2*1-6(2)9-10-7(3)8(4)11(9)5;1-7(2)9-5-8(3)6-10(9)4;4*1-5(2)8-9-6(3)7(4)10-8;2*1-6(2)8-4-7(3)5-9-8;5*1-2;;;/h2*4-8H,1-3H3;2*6H,1-5H3;5-7H,1-4H3;4*5H,1-4H3;2*4-6H,1-3H3;5*1-2H3;3*1H4. The van der Waals surface area contributed by atoms with Crippen LogP contribution in [0.25, 0.3) is 0 Å². The van der Waals surface area contributed by atoms with Gasteiger partial charge in [0.2, 0.25) is 0 Å². The first-order valence-corrected chi connectivity index (χ1v) is 47.5. The van der Waals surface area contributed by atoms with Gasteiger partial charge < -0.3 is 27.0 Å². The Labute approximate surface area is 773 Å². The lowest BCUT2D eigenvalue weighted by Gasteiger charge is -2.04. The molecule has 0 atom stereocenters. The predicted octanol–water partition coefficient (Wildman–Crippen LogP) is 36.5.